The van der Waals surface area contributed by atoms with Crippen LogP contribution in [0.3, 0.4) is 0 Å². The van der Waals surface area contributed by atoms with Crippen molar-refractivity contribution in [2.45, 2.75) is 45.7 Å². The van der Waals surface area contributed by atoms with Crippen LogP contribution in [-0.4, -0.2) is 40.1 Å². The summed E-state index contributed by atoms with van der Waals surface area (Å²) >= 11 is 3.43. The van der Waals surface area contributed by atoms with Crippen molar-refractivity contribution in [3.8, 4) is 0 Å². The second-order valence-corrected chi connectivity index (χ2v) is 8.04. The molecule has 1 aliphatic rings. The average Bonchev–Trinajstić information content (AvgIpc) is 3.04. The summed E-state index contributed by atoms with van der Waals surface area (Å²) in [6.45, 7) is 6.42. The number of nitrogens with zero attached hydrogens (tertiary/aromatic N) is 3. The van der Waals surface area contributed by atoms with Gasteiger partial charge in [0.05, 0.1) is 13.0 Å². The van der Waals surface area contributed by atoms with E-state index in [-0.39, 0.29) is 17.9 Å². The molecule has 0 bridgehead atoms. The molecule has 1 aromatic heterocycles. The molecule has 26 heavy (non-hydrogen) atoms. The summed E-state index contributed by atoms with van der Waals surface area (Å²) in [6.07, 6.45) is 2.39. The smallest absolute Gasteiger partial charge is 0.231 e. The Morgan fingerprint density at radius 1 is 1.31 bits per heavy atom. The number of carbonyl (C=O) groups is 1. The number of amides is 1. The quantitative estimate of drug-likeness (QED) is 0.776. The highest BCUT2D eigenvalue weighted by atomic mass is 79.9. The highest BCUT2D eigenvalue weighted by Crippen LogP contribution is 2.19. The summed E-state index contributed by atoms with van der Waals surface area (Å²) in [5.74, 6) is 1.64. The molecule has 0 unspecified atom stereocenters. The third kappa shape index (κ3) is 5.38. The molecule has 0 radical (unpaired) electrons. The summed E-state index contributed by atoms with van der Waals surface area (Å²) in [4.78, 5) is 18.9. The number of hydrogen-bond acceptors (Lipinski definition) is 5. The van der Waals surface area contributed by atoms with Crippen LogP contribution in [0.2, 0.25) is 0 Å². The molecular formula is C19H25BrN4O2. The third-order valence-corrected chi connectivity index (χ3v) is 5.06. The molecule has 0 atom stereocenters. The lowest BCUT2D eigenvalue weighted by atomic mass is 9.95. The maximum Gasteiger partial charge on any atom is 0.231 e. The van der Waals surface area contributed by atoms with Crippen molar-refractivity contribution in [2.75, 3.05) is 13.1 Å². The van der Waals surface area contributed by atoms with Crippen LogP contribution in [0.5, 0.6) is 0 Å². The van der Waals surface area contributed by atoms with Gasteiger partial charge in [0.2, 0.25) is 11.8 Å². The minimum atomic E-state index is 0.117. The number of halogens is 1. The predicted molar refractivity (Wildman–Crippen MR) is 103 cm³/mol. The second-order valence-electron chi connectivity index (χ2n) is 7.12. The summed E-state index contributed by atoms with van der Waals surface area (Å²) in [5.41, 5.74) is 1.14. The average molecular weight is 421 g/mol. The van der Waals surface area contributed by atoms with Gasteiger partial charge in [-0.25, -0.2) is 0 Å². The second kappa shape index (κ2) is 8.77. The first-order valence-electron chi connectivity index (χ1n) is 9.08. The van der Waals surface area contributed by atoms with Crippen LogP contribution in [0.4, 0.5) is 0 Å². The van der Waals surface area contributed by atoms with Crippen LogP contribution >= 0.6 is 15.9 Å². The predicted octanol–water partition coefficient (Wildman–Crippen LogP) is 3.16. The Kier molecular flexibility index (Phi) is 6.43. The first-order chi connectivity index (χ1) is 12.5. The summed E-state index contributed by atoms with van der Waals surface area (Å²) < 4.78 is 6.43. The monoisotopic (exact) mass is 420 g/mol. The normalized spacial score (nSPS) is 16.2. The standard InChI is InChI=1S/C19H25BrN4O2/c1-13(2)21-19(25)15-7-9-24(10-8-15)12-17-22-18(26-23-17)11-14-3-5-16(20)6-4-14/h3-6,13,15H,7-12H2,1-2H3,(H,21,25). The molecule has 1 N–H and O–H groups in total. The lowest BCUT2D eigenvalue weighted by Crippen LogP contribution is -2.42. The molecule has 1 saturated heterocycles. The topological polar surface area (TPSA) is 71.3 Å². The van der Waals surface area contributed by atoms with E-state index in [1.165, 1.54) is 0 Å². The van der Waals surface area contributed by atoms with E-state index >= 15 is 0 Å². The van der Waals surface area contributed by atoms with Crippen LogP contribution in [0.25, 0.3) is 0 Å². The maximum absolute atomic E-state index is 12.1. The van der Waals surface area contributed by atoms with Gasteiger partial charge in [0, 0.05) is 16.4 Å². The van der Waals surface area contributed by atoms with Gasteiger partial charge in [0.15, 0.2) is 5.82 Å². The van der Waals surface area contributed by atoms with Gasteiger partial charge in [-0.1, -0.05) is 33.2 Å². The van der Waals surface area contributed by atoms with E-state index < -0.39 is 0 Å². The fourth-order valence-electron chi connectivity index (χ4n) is 3.16. The van der Waals surface area contributed by atoms with E-state index in [0.717, 1.165) is 36.0 Å². The molecule has 2 heterocycles. The minimum Gasteiger partial charge on any atom is -0.354 e. The number of aromatic nitrogens is 2. The van der Waals surface area contributed by atoms with Crippen molar-refractivity contribution in [1.29, 1.82) is 0 Å². The van der Waals surface area contributed by atoms with Gasteiger partial charge in [0.25, 0.3) is 0 Å². The fraction of sp³-hybridized carbons (Fsp3) is 0.526. The maximum atomic E-state index is 12.1. The Bertz CT molecular complexity index is 721. The zero-order chi connectivity index (χ0) is 18.5. The highest BCUT2D eigenvalue weighted by Gasteiger charge is 2.26. The molecule has 2 aromatic rings. The van der Waals surface area contributed by atoms with Crippen molar-refractivity contribution in [1.82, 2.24) is 20.4 Å². The molecule has 7 heteroatoms. The molecular weight excluding hydrogens is 396 g/mol. The van der Waals surface area contributed by atoms with Crippen LogP contribution in [0.1, 0.15) is 44.0 Å². The molecule has 1 amide bonds. The van der Waals surface area contributed by atoms with Gasteiger partial charge < -0.3 is 9.84 Å². The first kappa shape index (κ1) is 19.0. The Morgan fingerprint density at radius 2 is 2.00 bits per heavy atom. The lowest BCUT2D eigenvalue weighted by Gasteiger charge is -2.30. The number of nitrogens with one attached hydrogen (secondary N) is 1. The number of carbonyl (C=O) groups excluding carboxylic acids is 1. The van der Waals surface area contributed by atoms with Crippen molar-refractivity contribution in [3.05, 3.63) is 46.0 Å². The SMILES string of the molecule is CC(C)NC(=O)C1CCN(Cc2noc(Cc3ccc(Br)cc3)n2)CC1. The fourth-order valence-corrected chi connectivity index (χ4v) is 3.42. The van der Waals surface area contributed by atoms with E-state index in [2.05, 4.69) is 36.3 Å². The zero-order valence-corrected chi connectivity index (χ0v) is 16.8. The Hall–Kier alpha value is -1.73. The van der Waals surface area contributed by atoms with E-state index in [4.69, 9.17) is 4.52 Å². The van der Waals surface area contributed by atoms with Crippen LogP contribution in [0, 0.1) is 5.92 Å². The van der Waals surface area contributed by atoms with Crippen LogP contribution < -0.4 is 5.32 Å². The lowest BCUT2D eigenvalue weighted by molar-refractivity contribution is -0.127. The number of piperidine rings is 1. The van der Waals surface area contributed by atoms with Gasteiger partial charge in [-0.15, -0.1) is 0 Å². The van der Waals surface area contributed by atoms with E-state index in [1.807, 2.05) is 38.1 Å². The van der Waals surface area contributed by atoms with Gasteiger partial charge in [0.1, 0.15) is 0 Å². The molecule has 140 valence electrons. The third-order valence-electron chi connectivity index (χ3n) is 4.53. The molecule has 0 saturated carbocycles. The van der Waals surface area contributed by atoms with Gasteiger partial charge in [-0.05, 0) is 57.5 Å². The number of rotatable bonds is 6. The first-order valence-corrected chi connectivity index (χ1v) is 9.87. The van der Waals surface area contributed by atoms with Crippen molar-refractivity contribution in [3.63, 3.8) is 0 Å². The number of benzene rings is 1. The van der Waals surface area contributed by atoms with Crippen molar-refractivity contribution in [2.24, 2.45) is 5.92 Å². The van der Waals surface area contributed by atoms with Crippen molar-refractivity contribution >= 4 is 21.8 Å². The highest BCUT2D eigenvalue weighted by molar-refractivity contribution is 9.10. The largest absolute Gasteiger partial charge is 0.354 e. The number of hydrogen-bond donors (Lipinski definition) is 1. The molecule has 0 aliphatic carbocycles. The molecule has 0 spiro atoms. The molecule has 6 nitrogen and oxygen atoms in total. The zero-order valence-electron chi connectivity index (χ0n) is 15.2. The Labute approximate surface area is 162 Å². The Balaban J connectivity index is 1.48. The summed E-state index contributed by atoms with van der Waals surface area (Å²) in [6, 6.07) is 8.30. The van der Waals surface area contributed by atoms with Gasteiger partial charge in [-0.3, -0.25) is 9.69 Å². The molecule has 1 aliphatic heterocycles. The van der Waals surface area contributed by atoms with Gasteiger partial charge in [-0.2, -0.15) is 4.98 Å². The van der Waals surface area contributed by atoms with Gasteiger partial charge >= 0.3 is 0 Å². The molecule has 3 rings (SSSR count). The summed E-state index contributed by atoms with van der Waals surface area (Å²) in [7, 11) is 0. The van der Waals surface area contributed by atoms with E-state index in [9.17, 15) is 4.79 Å². The molecule has 1 fully saturated rings. The molecule has 1 aromatic carbocycles. The van der Waals surface area contributed by atoms with E-state index in [1.54, 1.807) is 0 Å². The van der Waals surface area contributed by atoms with E-state index in [0.29, 0.717) is 24.7 Å². The minimum absolute atomic E-state index is 0.117. The van der Waals surface area contributed by atoms with Crippen LogP contribution in [-0.2, 0) is 17.8 Å². The van der Waals surface area contributed by atoms with Crippen LogP contribution in [0.15, 0.2) is 33.3 Å². The number of likely N-dealkylation sites (tertiary alicyclic amines) is 1. The van der Waals surface area contributed by atoms with Crippen molar-refractivity contribution < 1.29 is 9.32 Å². The summed E-state index contributed by atoms with van der Waals surface area (Å²) in [5, 5.41) is 7.11. The Morgan fingerprint density at radius 3 is 2.65 bits per heavy atom.